The standard InChI is InChI=1S/C24H24N2O3S/c1-4-18-9-12-20(13-10-18)21-15-30-24(25-21)26-23(28)17(3)29-22(27)14-11-19-7-5-16(2)6-8-19/h5-15,17H,4H2,1-3H3,(H,25,26,28)/b14-11+/t17-/m0/s1. The summed E-state index contributed by atoms with van der Waals surface area (Å²) in [6.45, 7) is 5.64. The number of nitrogens with one attached hydrogen (secondary N) is 1. The Morgan fingerprint density at radius 2 is 1.83 bits per heavy atom. The number of benzene rings is 2. The van der Waals surface area contributed by atoms with E-state index in [1.54, 1.807) is 6.08 Å². The molecule has 1 aromatic heterocycles. The molecule has 154 valence electrons. The first-order chi connectivity index (χ1) is 14.4. The van der Waals surface area contributed by atoms with Gasteiger partial charge in [0.2, 0.25) is 0 Å². The van der Waals surface area contributed by atoms with Crippen LogP contribution in [0.2, 0.25) is 0 Å². The molecule has 1 N–H and O–H groups in total. The molecule has 1 atom stereocenters. The normalized spacial score (nSPS) is 12.0. The maximum atomic E-state index is 12.3. The highest BCUT2D eigenvalue weighted by Gasteiger charge is 2.18. The summed E-state index contributed by atoms with van der Waals surface area (Å²) in [4.78, 5) is 28.8. The molecule has 0 bridgehead atoms. The third-order valence-corrected chi connectivity index (χ3v) is 5.30. The van der Waals surface area contributed by atoms with Crippen molar-refractivity contribution in [2.24, 2.45) is 0 Å². The molecule has 1 heterocycles. The second kappa shape index (κ2) is 9.98. The van der Waals surface area contributed by atoms with E-state index in [1.807, 2.05) is 48.7 Å². The maximum absolute atomic E-state index is 12.3. The molecule has 5 nitrogen and oxygen atoms in total. The van der Waals surface area contributed by atoms with Crippen LogP contribution in [0.4, 0.5) is 5.13 Å². The van der Waals surface area contributed by atoms with Gasteiger partial charge < -0.3 is 4.74 Å². The smallest absolute Gasteiger partial charge is 0.331 e. The third-order valence-electron chi connectivity index (χ3n) is 4.54. The highest BCUT2D eigenvalue weighted by molar-refractivity contribution is 7.14. The largest absolute Gasteiger partial charge is 0.449 e. The van der Waals surface area contributed by atoms with Gasteiger partial charge in [-0.15, -0.1) is 11.3 Å². The van der Waals surface area contributed by atoms with Gasteiger partial charge in [0, 0.05) is 17.0 Å². The van der Waals surface area contributed by atoms with Gasteiger partial charge in [-0.1, -0.05) is 61.0 Å². The minimum atomic E-state index is -0.934. The van der Waals surface area contributed by atoms with Crippen LogP contribution in [0.1, 0.15) is 30.5 Å². The van der Waals surface area contributed by atoms with Crippen LogP contribution in [0.15, 0.2) is 60.0 Å². The predicted molar refractivity (Wildman–Crippen MR) is 121 cm³/mol. The van der Waals surface area contributed by atoms with Crippen LogP contribution in [0.5, 0.6) is 0 Å². The first-order valence-electron chi connectivity index (χ1n) is 9.75. The highest BCUT2D eigenvalue weighted by Crippen LogP contribution is 2.25. The monoisotopic (exact) mass is 420 g/mol. The van der Waals surface area contributed by atoms with Gasteiger partial charge >= 0.3 is 5.97 Å². The number of rotatable bonds is 7. The lowest BCUT2D eigenvalue weighted by molar-refractivity contribution is -0.148. The van der Waals surface area contributed by atoms with Crippen molar-refractivity contribution in [1.82, 2.24) is 4.98 Å². The van der Waals surface area contributed by atoms with Gasteiger partial charge in [-0.25, -0.2) is 9.78 Å². The van der Waals surface area contributed by atoms with Crippen LogP contribution < -0.4 is 5.32 Å². The lowest BCUT2D eigenvalue weighted by Crippen LogP contribution is -2.29. The molecule has 0 saturated carbocycles. The number of amides is 1. The van der Waals surface area contributed by atoms with Crippen LogP contribution in [-0.4, -0.2) is 23.0 Å². The van der Waals surface area contributed by atoms with E-state index in [-0.39, 0.29) is 0 Å². The van der Waals surface area contributed by atoms with E-state index in [0.717, 1.165) is 28.8 Å². The fourth-order valence-electron chi connectivity index (χ4n) is 2.69. The van der Waals surface area contributed by atoms with Crippen LogP contribution >= 0.6 is 11.3 Å². The minimum Gasteiger partial charge on any atom is -0.449 e. The molecule has 0 fully saturated rings. The molecule has 30 heavy (non-hydrogen) atoms. The zero-order valence-corrected chi connectivity index (χ0v) is 18.0. The van der Waals surface area contributed by atoms with E-state index < -0.39 is 18.0 Å². The summed E-state index contributed by atoms with van der Waals surface area (Å²) in [6.07, 6.45) is 3.02. The number of nitrogens with zero attached hydrogens (tertiary/aromatic N) is 1. The molecule has 2 aromatic carbocycles. The van der Waals surface area contributed by atoms with Crippen molar-refractivity contribution in [2.45, 2.75) is 33.3 Å². The number of aryl methyl sites for hydroxylation is 2. The van der Waals surface area contributed by atoms with Crippen molar-refractivity contribution in [1.29, 1.82) is 0 Å². The average molecular weight is 421 g/mol. The van der Waals surface area contributed by atoms with Gasteiger partial charge in [0.25, 0.3) is 5.91 Å². The second-order valence-corrected chi connectivity index (χ2v) is 7.76. The number of anilines is 1. The first kappa shape index (κ1) is 21.5. The number of esters is 1. The predicted octanol–water partition coefficient (Wildman–Crippen LogP) is 5.26. The van der Waals surface area contributed by atoms with Crippen LogP contribution in [0, 0.1) is 6.92 Å². The Balaban J connectivity index is 1.54. The zero-order chi connectivity index (χ0) is 21.5. The van der Waals surface area contributed by atoms with Crippen molar-refractivity contribution >= 4 is 34.4 Å². The lowest BCUT2D eigenvalue weighted by atomic mass is 10.1. The maximum Gasteiger partial charge on any atom is 0.331 e. The molecule has 6 heteroatoms. The molecule has 0 aliphatic heterocycles. The van der Waals surface area contributed by atoms with E-state index in [2.05, 4.69) is 29.4 Å². The number of aromatic nitrogens is 1. The topological polar surface area (TPSA) is 68.3 Å². The number of carbonyl (C=O) groups is 2. The molecule has 0 saturated heterocycles. The van der Waals surface area contributed by atoms with E-state index in [9.17, 15) is 9.59 Å². The number of carbonyl (C=O) groups excluding carboxylic acids is 2. The first-order valence-corrected chi connectivity index (χ1v) is 10.6. The van der Waals surface area contributed by atoms with Crippen LogP contribution in [0.3, 0.4) is 0 Å². The quantitative estimate of drug-likeness (QED) is 0.418. The summed E-state index contributed by atoms with van der Waals surface area (Å²) in [6, 6.07) is 15.9. The highest BCUT2D eigenvalue weighted by atomic mass is 32.1. The van der Waals surface area contributed by atoms with Gasteiger partial charge in [0.15, 0.2) is 11.2 Å². The molecule has 0 spiro atoms. The van der Waals surface area contributed by atoms with Crippen molar-refractivity contribution in [3.8, 4) is 11.3 Å². The number of thiazole rings is 1. The number of hydrogen-bond acceptors (Lipinski definition) is 5. The molecule has 1 amide bonds. The van der Waals surface area contributed by atoms with Crippen molar-refractivity contribution in [3.05, 3.63) is 76.7 Å². The Morgan fingerprint density at radius 3 is 2.50 bits per heavy atom. The van der Waals surface area contributed by atoms with Gasteiger partial charge in [-0.05, 0) is 37.5 Å². The fourth-order valence-corrected chi connectivity index (χ4v) is 3.41. The van der Waals surface area contributed by atoms with Gasteiger partial charge in [0.05, 0.1) is 5.69 Å². The third kappa shape index (κ3) is 5.87. The van der Waals surface area contributed by atoms with Crippen molar-refractivity contribution in [2.75, 3.05) is 5.32 Å². The van der Waals surface area contributed by atoms with Crippen LogP contribution in [0.25, 0.3) is 17.3 Å². The minimum absolute atomic E-state index is 0.422. The Hall–Kier alpha value is -3.25. The van der Waals surface area contributed by atoms with E-state index in [0.29, 0.717) is 5.13 Å². The summed E-state index contributed by atoms with van der Waals surface area (Å²) in [5.74, 6) is -0.997. The number of hydrogen-bond donors (Lipinski definition) is 1. The Bertz CT molecular complexity index is 1040. The summed E-state index contributed by atoms with van der Waals surface area (Å²) in [7, 11) is 0. The summed E-state index contributed by atoms with van der Waals surface area (Å²) < 4.78 is 5.19. The molecule has 0 aliphatic carbocycles. The molecule has 3 aromatic rings. The zero-order valence-electron chi connectivity index (χ0n) is 17.2. The second-order valence-electron chi connectivity index (χ2n) is 6.90. The van der Waals surface area contributed by atoms with Gasteiger partial charge in [0.1, 0.15) is 0 Å². The SMILES string of the molecule is CCc1ccc(-c2csc(NC(=O)[C@H](C)OC(=O)/C=C/c3ccc(C)cc3)n2)cc1. The summed E-state index contributed by atoms with van der Waals surface area (Å²) >= 11 is 1.33. The van der Waals surface area contributed by atoms with Crippen LogP contribution in [-0.2, 0) is 20.7 Å². The Morgan fingerprint density at radius 1 is 1.13 bits per heavy atom. The van der Waals surface area contributed by atoms with Crippen molar-refractivity contribution in [3.63, 3.8) is 0 Å². The summed E-state index contributed by atoms with van der Waals surface area (Å²) in [5.41, 5.74) is 5.07. The van der Waals surface area contributed by atoms with E-state index >= 15 is 0 Å². The number of ether oxygens (including phenoxy) is 1. The molecule has 0 unspecified atom stereocenters. The Kier molecular flexibility index (Phi) is 7.14. The average Bonchev–Trinajstić information content (AvgIpc) is 3.21. The summed E-state index contributed by atoms with van der Waals surface area (Å²) in [5, 5.41) is 5.06. The van der Waals surface area contributed by atoms with Crippen molar-refractivity contribution < 1.29 is 14.3 Å². The molecule has 0 aliphatic rings. The molecular formula is C24H24N2O3S. The van der Waals surface area contributed by atoms with Gasteiger partial charge in [-0.2, -0.15) is 0 Å². The molecular weight excluding hydrogens is 396 g/mol. The molecule has 3 rings (SSSR count). The van der Waals surface area contributed by atoms with E-state index in [4.69, 9.17) is 4.74 Å². The molecule has 0 radical (unpaired) electrons. The lowest BCUT2D eigenvalue weighted by Gasteiger charge is -2.10. The Labute approximate surface area is 180 Å². The van der Waals surface area contributed by atoms with E-state index in [1.165, 1.54) is 29.9 Å². The van der Waals surface area contributed by atoms with Gasteiger partial charge in [-0.3, -0.25) is 10.1 Å². The fraction of sp³-hybridized carbons (Fsp3) is 0.208.